The molecule has 0 saturated carbocycles. The Morgan fingerprint density at radius 1 is 1.20 bits per heavy atom. The van der Waals surface area contributed by atoms with Gasteiger partial charge in [-0.3, -0.25) is 9.59 Å². The van der Waals surface area contributed by atoms with E-state index in [4.69, 9.17) is 9.47 Å². The van der Waals surface area contributed by atoms with Gasteiger partial charge in [-0.2, -0.15) is 0 Å². The molecule has 0 aliphatic rings. The van der Waals surface area contributed by atoms with Crippen LogP contribution in [0.4, 0.5) is 0 Å². The van der Waals surface area contributed by atoms with Crippen molar-refractivity contribution in [1.82, 2.24) is 15.6 Å². The number of benzene rings is 1. The molecule has 2 amide bonds. The zero-order valence-electron chi connectivity index (χ0n) is 14.6. The molecule has 134 valence electrons. The molecule has 7 heteroatoms. The van der Waals surface area contributed by atoms with Crippen LogP contribution in [0.25, 0.3) is 0 Å². The van der Waals surface area contributed by atoms with E-state index in [0.717, 1.165) is 5.56 Å². The first-order chi connectivity index (χ1) is 12.1. The normalized spacial score (nSPS) is 11.6. The van der Waals surface area contributed by atoms with Crippen molar-refractivity contribution in [2.45, 2.75) is 13.0 Å². The molecule has 2 aromatic rings. The summed E-state index contributed by atoms with van der Waals surface area (Å²) < 4.78 is 11.2. The number of carbonyl (C=O) groups is 2. The summed E-state index contributed by atoms with van der Waals surface area (Å²) in [6, 6.07) is 11.1. The maximum Gasteiger partial charge on any atom is 0.271 e. The second-order valence-corrected chi connectivity index (χ2v) is 5.33. The van der Waals surface area contributed by atoms with Gasteiger partial charge >= 0.3 is 0 Å². The zero-order valence-corrected chi connectivity index (χ0v) is 14.6. The summed E-state index contributed by atoms with van der Waals surface area (Å²) in [6.45, 7) is 2.61. The van der Waals surface area contributed by atoms with Gasteiger partial charge in [-0.25, -0.2) is 0 Å². The van der Waals surface area contributed by atoms with Crippen molar-refractivity contribution in [3.05, 3.63) is 53.3 Å². The predicted octanol–water partition coefficient (Wildman–Crippen LogP) is 1.89. The van der Waals surface area contributed by atoms with Crippen molar-refractivity contribution in [2.75, 3.05) is 27.3 Å². The number of nitrogens with one attached hydrogen (secondary N) is 3. The number of H-pyrrole nitrogens is 1. The van der Waals surface area contributed by atoms with Gasteiger partial charge in [-0.05, 0) is 12.5 Å². The van der Waals surface area contributed by atoms with E-state index in [9.17, 15) is 9.59 Å². The van der Waals surface area contributed by atoms with E-state index in [1.165, 1.54) is 13.1 Å². The van der Waals surface area contributed by atoms with Crippen LogP contribution in [0.5, 0.6) is 5.75 Å². The van der Waals surface area contributed by atoms with Gasteiger partial charge in [-0.15, -0.1) is 0 Å². The highest BCUT2D eigenvalue weighted by Crippen LogP contribution is 2.27. The lowest BCUT2D eigenvalue weighted by atomic mass is 10.1. The van der Waals surface area contributed by atoms with Crippen LogP contribution in [0.15, 0.2) is 36.4 Å². The van der Waals surface area contributed by atoms with Gasteiger partial charge in [0.1, 0.15) is 17.5 Å². The summed E-state index contributed by atoms with van der Waals surface area (Å²) in [6.07, 6.45) is -0.410. The number of carbonyl (C=O) groups excluding carboxylic acids is 2. The third kappa shape index (κ3) is 4.60. The molecule has 2 rings (SSSR count). The van der Waals surface area contributed by atoms with Crippen LogP contribution in [0, 0.1) is 0 Å². The van der Waals surface area contributed by atoms with Crippen LogP contribution >= 0.6 is 0 Å². The Labute approximate surface area is 146 Å². The minimum Gasteiger partial charge on any atom is -0.481 e. The molecule has 1 unspecified atom stereocenters. The SMILES string of the molecule is CCNC(=O)c1cc(OC(COC)c2ccccc2)c(C(=O)NC)[nH]1. The first-order valence-corrected chi connectivity index (χ1v) is 8.04. The highest BCUT2D eigenvalue weighted by molar-refractivity contribution is 5.99. The maximum absolute atomic E-state index is 12.1. The van der Waals surface area contributed by atoms with Gasteiger partial charge in [0, 0.05) is 26.8 Å². The number of rotatable bonds is 8. The molecule has 1 atom stereocenters. The van der Waals surface area contributed by atoms with E-state index >= 15 is 0 Å². The fourth-order valence-electron chi connectivity index (χ4n) is 2.37. The molecular formula is C18H23N3O4. The number of hydrogen-bond donors (Lipinski definition) is 3. The predicted molar refractivity (Wildman–Crippen MR) is 93.9 cm³/mol. The molecule has 0 spiro atoms. The second kappa shape index (κ2) is 8.89. The number of hydrogen-bond acceptors (Lipinski definition) is 4. The van der Waals surface area contributed by atoms with Crippen LogP contribution in [-0.2, 0) is 4.74 Å². The lowest BCUT2D eigenvalue weighted by Gasteiger charge is -2.18. The fourth-order valence-corrected chi connectivity index (χ4v) is 2.37. The lowest BCUT2D eigenvalue weighted by molar-refractivity contribution is 0.0784. The molecular weight excluding hydrogens is 322 g/mol. The molecule has 0 aliphatic heterocycles. The summed E-state index contributed by atoms with van der Waals surface area (Å²) >= 11 is 0. The highest BCUT2D eigenvalue weighted by Gasteiger charge is 2.22. The van der Waals surface area contributed by atoms with Gasteiger partial charge in [0.2, 0.25) is 0 Å². The smallest absolute Gasteiger partial charge is 0.271 e. The third-order valence-electron chi connectivity index (χ3n) is 3.58. The van der Waals surface area contributed by atoms with Crippen LogP contribution < -0.4 is 15.4 Å². The van der Waals surface area contributed by atoms with Crippen molar-refractivity contribution in [1.29, 1.82) is 0 Å². The highest BCUT2D eigenvalue weighted by atomic mass is 16.5. The number of ether oxygens (including phenoxy) is 2. The molecule has 0 radical (unpaired) electrons. The number of aromatic amines is 1. The van der Waals surface area contributed by atoms with Crippen molar-refractivity contribution in [2.24, 2.45) is 0 Å². The Balaban J connectivity index is 2.34. The maximum atomic E-state index is 12.1. The average Bonchev–Trinajstić information content (AvgIpc) is 3.05. The van der Waals surface area contributed by atoms with E-state index in [-0.39, 0.29) is 23.2 Å². The lowest BCUT2D eigenvalue weighted by Crippen LogP contribution is -2.24. The molecule has 0 bridgehead atoms. The topological polar surface area (TPSA) is 92.4 Å². The van der Waals surface area contributed by atoms with Crippen molar-refractivity contribution < 1.29 is 19.1 Å². The largest absolute Gasteiger partial charge is 0.481 e. The monoisotopic (exact) mass is 345 g/mol. The molecule has 7 nitrogen and oxygen atoms in total. The molecule has 25 heavy (non-hydrogen) atoms. The van der Waals surface area contributed by atoms with Gasteiger partial charge in [-0.1, -0.05) is 30.3 Å². The Morgan fingerprint density at radius 2 is 1.92 bits per heavy atom. The number of amides is 2. The van der Waals surface area contributed by atoms with E-state index in [1.54, 1.807) is 7.11 Å². The van der Waals surface area contributed by atoms with Crippen molar-refractivity contribution in [3.63, 3.8) is 0 Å². The van der Waals surface area contributed by atoms with Crippen LogP contribution in [-0.4, -0.2) is 44.1 Å². The van der Waals surface area contributed by atoms with E-state index in [0.29, 0.717) is 18.9 Å². The van der Waals surface area contributed by atoms with E-state index in [2.05, 4.69) is 15.6 Å². The molecule has 1 aromatic carbocycles. The third-order valence-corrected chi connectivity index (χ3v) is 3.58. The van der Waals surface area contributed by atoms with E-state index < -0.39 is 6.10 Å². The van der Waals surface area contributed by atoms with Crippen molar-refractivity contribution >= 4 is 11.8 Å². The van der Waals surface area contributed by atoms with Gasteiger partial charge in [0.15, 0.2) is 5.75 Å². The van der Waals surface area contributed by atoms with Crippen LogP contribution in [0.3, 0.4) is 0 Å². The quantitative estimate of drug-likeness (QED) is 0.681. The molecule has 1 aromatic heterocycles. The Bertz CT molecular complexity index is 712. The average molecular weight is 345 g/mol. The summed E-state index contributed by atoms with van der Waals surface area (Å²) in [4.78, 5) is 27.0. The Morgan fingerprint density at radius 3 is 2.52 bits per heavy atom. The standard InChI is InChI=1S/C18H23N3O4/c1-4-20-17(22)13-10-14(16(21-13)18(23)19-2)25-15(11-24-3)12-8-6-5-7-9-12/h5-10,15,21H,4,11H2,1-3H3,(H,19,23)(H,20,22). The molecule has 0 aliphatic carbocycles. The summed E-state index contributed by atoms with van der Waals surface area (Å²) in [5.41, 5.74) is 1.37. The number of methoxy groups -OCH3 is 1. The van der Waals surface area contributed by atoms with Crippen LogP contribution in [0.1, 0.15) is 39.6 Å². The Hall–Kier alpha value is -2.80. The van der Waals surface area contributed by atoms with E-state index in [1.807, 2.05) is 37.3 Å². The summed E-state index contributed by atoms with van der Waals surface area (Å²) in [5.74, 6) is -0.369. The zero-order chi connectivity index (χ0) is 18.2. The van der Waals surface area contributed by atoms with Crippen LogP contribution in [0.2, 0.25) is 0 Å². The van der Waals surface area contributed by atoms with Gasteiger partial charge in [0.05, 0.1) is 6.61 Å². The molecule has 1 heterocycles. The summed E-state index contributed by atoms with van der Waals surface area (Å²) in [5, 5.41) is 5.23. The van der Waals surface area contributed by atoms with Gasteiger partial charge in [0.25, 0.3) is 11.8 Å². The molecule has 3 N–H and O–H groups in total. The number of aromatic nitrogens is 1. The minimum atomic E-state index is -0.410. The minimum absolute atomic E-state index is 0.195. The fraction of sp³-hybridized carbons (Fsp3) is 0.333. The second-order valence-electron chi connectivity index (χ2n) is 5.33. The van der Waals surface area contributed by atoms with Gasteiger partial charge < -0.3 is 25.1 Å². The first kappa shape index (κ1) is 18.5. The summed E-state index contributed by atoms with van der Waals surface area (Å²) in [7, 11) is 3.10. The first-order valence-electron chi connectivity index (χ1n) is 8.04. The van der Waals surface area contributed by atoms with Crippen molar-refractivity contribution in [3.8, 4) is 5.75 Å². The molecule has 0 fully saturated rings. The molecule has 0 saturated heterocycles. The Kier molecular flexibility index (Phi) is 6.59.